The highest BCUT2D eigenvalue weighted by Crippen LogP contribution is 2.11. The zero-order chi connectivity index (χ0) is 9.97. The molecule has 0 unspecified atom stereocenters. The third kappa shape index (κ3) is 1.17. The molecule has 0 aliphatic rings. The van der Waals surface area contributed by atoms with Gasteiger partial charge in [0, 0.05) is 12.4 Å². The van der Waals surface area contributed by atoms with Crippen molar-refractivity contribution in [3.63, 3.8) is 0 Å². The fourth-order valence-electron chi connectivity index (χ4n) is 1.00. The second kappa shape index (κ2) is 3.14. The van der Waals surface area contributed by atoms with Gasteiger partial charge in [-0.2, -0.15) is 15.0 Å². The summed E-state index contributed by atoms with van der Waals surface area (Å²) in [5.74, 6) is 0.602. The number of nitrogens with zero attached hydrogens (tertiary/aromatic N) is 5. The van der Waals surface area contributed by atoms with E-state index in [1.54, 1.807) is 18.5 Å². The number of nitriles is 1. The van der Waals surface area contributed by atoms with E-state index in [0.29, 0.717) is 11.5 Å². The number of hydrogen-bond acceptors (Lipinski definition) is 5. The maximum atomic E-state index is 8.65. The summed E-state index contributed by atoms with van der Waals surface area (Å²) in [6.07, 6.45) is 4.54. The van der Waals surface area contributed by atoms with Gasteiger partial charge in [0.25, 0.3) is 5.95 Å². The molecule has 2 rings (SSSR count). The van der Waals surface area contributed by atoms with Gasteiger partial charge in [-0.3, -0.25) is 0 Å². The van der Waals surface area contributed by atoms with Crippen LogP contribution in [0.15, 0.2) is 24.7 Å². The predicted molar refractivity (Wildman–Crippen MR) is 48.3 cm³/mol. The van der Waals surface area contributed by atoms with Gasteiger partial charge in [-0.15, -0.1) is 0 Å². The predicted octanol–water partition coefficient (Wildman–Crippen LogP) is 0.116. The molecular weight excluding hydrogens is 180 g/mol. The minimum Gasteiger partial charge on any atom is -0.382 e. The molecule has 0 saturated carbocycles. The molecule has 6 heteroatoms. The zero-order valence-electron chi connectivity index (χ0n) is 7.12. The highest BCUT2D eigenvalue weighted by Gasteiger charge is 2.09. The Balaban J connectivity index is 2.54. The van der Waals surface area contributed by atoms with E-state index in [1.165, 1.54) is 10.9 Å². The molecule has 2 N–H and O–H groups in total. The van der Waals surface area contributed by atoms with Crippen molar-refractivity contribution in [2.45, 2.75) is 0 Å². The van der Waals surface area contributed by atoms with E-state index in [9.17, 15) is 0 Å². The molecule has 68 valence electrons. The fourth-order valence-corrected chi connectivity index (χ4v) is 1.00. The fraction of sp³-hybridized carbons (Fsp3) is 0. The van der Waals surface area contributed by atoms with Crippen LogP contribution in [0.1, 0.15) is 5.56 Å². The van der Waals surface area contributed by atoms with E-state index in [-0.39, 0.29) is 5.82 Å². The summed E-state index contributed by atoms with van der Waals surface area (Å²) in [7, 11) is 0. The van der Waals surface area contributed by atoms with Crippen LogP contribution in [0.5, 0.6) is 0 Å². The van der Waals surface area contributed by atoms with Crippen molar-refractivity contribution in [3.8, 4) is 12.0 Å². The second-order valence-corrected chi connectivity index (χ2v) is 2.52. The molecule has 2 aromatic rings. The summed E-state index contributed by atoms with van der Waals surface area (Å²) < 4.78 is 1.32. The average Bonchev–Trinajstić information content (AvgIpc) is 2.61. The zero-order valence-corrected chi connectivity index (χ0v) is 7.12. The first-order chi connectivity index (χ1) is 6.83. The summed E-state index contributed by atoms with van der Waals surface area (Å²) in [5.41, 5.74) is 5.96. The van der Waals surface area contributed by atoms with E-state index in [0.717, 1.165) is 0 Å². The summed E-state index contributed by atoms with van der Waals surface area (Å²) in [5, 5.41) is 12.6. The normalized spacial score (nSPS) is 9.64. The molecule has 0 radical (unpaired) electrons. The molecule has 0 atom stereocenters. The number of aromatic nitrogens is 4. The Morgan fingerprint density at radius 2 is 2.07 bits per heavy atom. The van der Waals surface area contributed by atoms with Gasteiger partial charge in [0.05, 0.1) is 6.20 Å². The molecule has 14 heavy (non-hydrogen) atoms. The van der Waals surface area contributed by atoms with Gasteiger partial charge in [0.1, 0.15) is 17.5 Å². The SMILES string of the molecule is N#Cc1cnn(-c2ncccn2)c1N. The lowest BCUT2D eigenvalue weighted by Crippen LogP contribution is -2.06. The van der Waals surface area contributed by atoms with E-state index < -0.39 is 0 Å². The molecule has 0 aromatic carbocycles. The lowest BCUT2D eigenvalue weighted by Gasteiger charge is -1.99. The van der Waals surface area contributed by atoms with E-state index in [2.05, 4.69) is 15.1 Å². The first-order valence-corrected chi connectivity index (χ1v) is 3.84. The molecular formula is C8H6N6. The number of nitrogen functional groups attached to an aromatic ring is 1. The van der Waals surface area contributed by atoms with Crippen molar-refractivity contribution in [1.29, 1.82) is 5.26 Å². The first kappa shape index (κ1) is 8.19. The Labute approximate surface area is 79.6 Å². The third-order valence-corrected chi connectivity index (χ3v) is 1.67. The van der Waals surface area contributed by atoms with Gasteiger partial charge in [-0.05, 0) is 6.07 Å². The van der Waals surface area contributed by atoms with Crippen LogP contribution < -0.4 is 5.73 Å². The molecule has 0 bridgehead atoms. The second-order valence-electron chi connectivity index (χ2n) is 2.52. The minimum atomic E-state index is 0.249. The number of nitrogens with two attached hydrogens (primary N) is 1. The number of hydrogen-bond donors (Lipinski definition) is 1. The van der Waals surface area contributed by atoms with Gasteiger partial charge >= 0.3 is 0 Å². The first-order valence-electron chi connectivity index (χ1n) is 3.84. The van der Waals surface area contributed by atoms with Crippen LogP contribution in [0, 0.1) is 11.3 Å². The van der Waals surface area contributed by atoms with Crippen LogP contribution in [-0.2, 0) is 0 Å². The molecule has 0 spiro atoms. The minimum absolute atomic E-state index is 0.249. The Morgan fingerprint density at radius 3 is 2.64 bits per heavy atom. The number of rotatable bonds is 1. The molecule has 0 fully saturated rings. The summed E-state index contributed by atoms with van der Waals surface area (Å²) in [4.78, 5) is 7.91. The maximum absolute atomic E-state index is 8.65. The van der Waals surface area contributed by atoms with Gasteiger partial charge in [0.15, 0.2) is 0 Å². The van der Waals surface area contributed by atoms with Crippen LogP contribution in [0.4, 0.5) is 5.82 Å². The number of anilines is 1. The van der Waals surface area contributed by atoms with Gasteiger partial charge in [-0.1, -0.05) is 0 Å². The van der Waals surface area contributed by atoms with Crippen molar-refractivity contribution in [2.24, 2.45) is 0 Å². The lowest BCUT2D eigenvalue weighted by atomic mass is 10.4. The summed E-state index contributed by atoms with van der Waals surface area (Å²) >= 11 is 0. The summed E-state index contributed by atoms with van der Waals surface area (Å²) in [6, 6.07) is 3.61. The lowest BCUT2D eigenvalue weighted by molar-refractivity contribution is 0.817. The molecule has 2 aromatic heterocycles. The smallest absolute Gasteiger partial charge is 0.252 e. The quantitative estimate of drug-likeness (QED) is 0.682. The third-order valence-electron chi connectivity index (χ3n) is 1.67. The summed E-state index contributed by atoms with van der Waals surface area (Å²) in [6.45, 7) is 0. The molecule has 0 aliphatic carbocycles. The van der Waals surface area contributed by atoms with Crippen molar-refractivity contribution >= 4 is 5.82 Å². The van der Waals surface area contributed by atoms with Gasteiger partial charge in [-0.25, -0.2) is 9.97 Å². The molecule has 6 nitrogen and oxygen atoms in total. The van der Waals surface area contributed by atoms with Crippen molar-refractivity contribution < 1.29 is 0 Å². The van der Waals surface area contributed by atoms with Crippen LogP contribution in [0.2, 0.25) is 0 Å². The Kier molecular flexibility index (Phi) is 1.84. The highest BCUT2D eigenvalue weighted by molar-refractivity contribution is 5.49. The molecule has 0 amide bonds. The van der Waals surface area contributed by atoms with Crippen LogP contribution in [-0.4, -0.2) is 19.7 Å². The van der Waals surface area contributed by atoms with Crippen molar-refractivity contribution in [1.82, 2.24) is 19.7 Å². The van der Waals surface area contributed by atoms with Gasteiger partial charge in [0.2, 0.25) is 0 Å². The maximum Gasteiger partial charge on any atom is 0.252 e. The molecule has 2 heterocycles. The monoisotopic (exact) mass is 186 g/mol. The average molecular weight is 186 g/mol. The highest BCUT2D eigenvalue weighted by atomic mass is 15.4. The topological polar surface area (TPSA) is 93.4 Å². The van der Waals surface area contributed by atoms with E-state index >= 15 is 0 Å². The van der Waals surface area contributed by atoms with Crippen LogP contribution in [0.3, 0.4) is 0 Å². The molecule has 0 aliphatic heterocycles. The molecule has 0 saturated heterocycles. The van der Waals surface area contributed by atoms with Crippen molar-refractivity contribution in [3.05, 3.63) is 30.2 Å². The Hall–Kier alpha value is -2.42. The Bertz CT molecular complexity index is 480. The van der Waals surface area contributed by atoms with Crippen molar-refractivity contribution in [2.75, 3.05) is 5.73 Å². The van der Waals surface area contributed by atoms with Crippen LogP contribution in [0.25, 0.3) is 5.95 Å². The van der Waals surface area contributed by atoms with Gasteiger partial charge < -0.3 is 5.73 Å². The van der Waals surface area contributed by atoms with E-state index in [1.807, 2.05) is 6.07 Å². The standard InChI is InChI=1S/C8H6N6/c9-4-6-5-13-14(7(6)10)8-11-2-1-3-12-8/h1-3,5H,10H2. The van der Waals surface area contributed by atoms with E-state index in [4.69, 9.17) is 11.0 Å². The Morgan fingerprint density at radius 1 is 1.36 bits per heavy atom. The van der Waals surface area contributed by atoms with Crippen LogP contribution >= 0.6 is 0 Å². The largest absolute Gasteiger partial charge is 0.382 e.